The van der Waals surface area contributed by atoms with Gasteiger partial charge in [-0.1, -0.05) is 39.3 Å². The molecule has 0 atom stereocenters. The molecule has 1 aromatic rings. The molecule has 1 fully saturated rings. The molecule has 1 saturated carbocycles. The summed E-state index contributed by atoms with van der Waals surface area (Å²) in [5.41, 5.74) is 9.14. The number of hydrogen-bond acceptors (Lipinski definition) is 2. The molecule has 0 aromatic heterocycles. The first kappa shape index (κ1) is 14.4. The van der Waals surface area contributed by atoms with Crippen LogP contribution < -0.4 is 10.5 Å². The first-order chi connectivity index (χ1) is 8.99. The maximum Gasteiger partial charge on any atom is 0.122 e. The number of hydrogen-bond donors (Lipinski definition) is 1. The van der Waals surface area contributed by atoms with E-state index in [9.17, 15) is 0 Å². The summed E-state index contributed by atoms with van der Waals surface area (Å²) in [6.45, 7) is 7.56. The van der Waals surface area contributed by atoms with Crippen molar-refractivity contribution in [3.05, 3.63) is 29.3 Å². The molecule has 0 aliphatic heterocycles. The summed E-state index contributed by atoms with van der Waals surface area (Å²) in [7, 11) is 1.76. The van der Waals surface area contributed by atoms with Crippen molar-refractivity contribution in [2.75, 3.05) is 13.7 Å². The molecule has 0 saturated heterocycles. The van der Waals surface area contributed by atoms with Gasteiger partial charge in [-0.3, -0.25) is 0 Å². The first-order valence-electron chi connectivity index (χ1n) is 7.38. The van der Waals surface area contributed by atoms with Gasteiger partial charge >= 0.3 is 0 Å². The van der Waals surface area contributed by atoms with E-state index < -0.39 is 0 Å². The van der Waals surface area contributed by atoms with E-state index in [-0.39, 0.29) is 10.8 Å². The smallest absolute Gasteiger partial charge is 0.122 e. The Morgan fingerprint density at radius 3 is 2.42 bits per heavy atom. The Hall–Kier alpha value is -1.02. The van der Waals surface area contributed by atoms with Crippen molar-refractivity contribution in [1.82, 2.24) is 0 Å². The van der Waals surface area contributed by atoms with Gasteiger partial charge in [0.15, 0.2) is 0 Å². The van der Waals surface area contributed by atoms with Crippen LogP contribution in [0.25, 0.3) is 0 Å². The van der Waals surface area contributed by atoms with Crippen molar-refractivity contribution in [3.8, 4) is 5.75 Å². The minimum atomic E-state index is 0.158. The predicted octanol–water partition coefficient (Wildman–Crippen LogP) is 3.76. The van der Waals surface area contributed by atoms with Crippen LogP contribution in [0, 0.1) is 0 Å². The molecule has 0 radical (unpaired) electrons. The summed E-state index contributed by atoms with van der Waals surface area (Å²) in [5.74, 6) is 1.00. The fourth-order valence-electron chi connectivity index (χ4n) is 2.93. The highest BCUT2D eigenvalue weighted by molar-refractivity contribution is 5.46. The zero-order chi connectivity index (χ0) is 14.1. The van der Waals surface area contributed by atoms with Crippen LogP contribution in [0.15, 0.2) is 18.2 Å². The highest BCUT2D eigenvalue weighted by atomic mass is 16.5. The lowest BCUT2D eigenvalue weighted by Crippen LogP contribution is -2.42. The molecule has 2 nitrogen and oxygen atoms in total. The van der Waals surface area contributed by atoms with Crippen molar-refractivity contribution < 1.29 is 4.74 Å². The van der Waals surface area contributed by atoms with Crippen molar-refractivity contribution in [1.29, 1.82) is 0 Å². The molecule has 2 N–H and O–H groups in total. The highest BCUT2D eigenvalue weighted by Crippen LogP contribution is 2.47. The monoisotopic (exact) mass is 261 g/mol. The van der Waals surface area contributed by atoms with Crippen molar-refractivity contribution in [2.45, 2.75) is 57.3 Å². The molecule has 1 aromatic carbocycles. The summed E-state index contributed by atoms with van der Waals surface area (Å²) < 4.78 is 5.57. The van der Waals surface area contributed by atoms with E-state index in [4.69, 9.17) is 10.5 Å². The second-order valence-corrected chi connectivity index (χ2v) is 6.49. The van der Waals surface area contributed by atoms with Crippen LogP contribution in [-0.2, 0) is 10.8 Å². The molecule has 0 unspecified atom stereocenters. The van der Waals surface area contributed by atoms with Crippen molar-refractivity contribution in [2.24, 2.45) is 5.73 Å². The van der Waals surface area contributed by atoms with Crippen molar-refractivity contribution >= 4 is 0 Å². The minimum Gasteiger partial charge on any atom is -0.496 e. The van der Waals surface area contributed by atoms with Gasteiger partial charge in [-0.25, -0.2) is 0 Å². The zero-order valence-electron chi connectivity index (χ0n) is 12.8. The van der Waals surface area contributed by atoms with Crippen LogP contribution in [0.1, 0.15) is 57.6 Å². The summed E-state index contributed by atoms with van der Waals surface area (Å²) in [6, 6.07) is 6.67. The number of nitrogens with two attached hydrogens (primary N) is 1. The van der Waals surface area contributed by atoms with Gasteiger partial charge in [0.25, 0.3) is 0 Å². The minimum absolute atomic E-state index is 0.158. The molecular weight excluding hydrogens is 234 g/mol. The molecule has 19 heavy (non-hydrogen) atoms. The van der Waals surface area contributed by atoms with Crippen molar-refractivity contribution in [3.63, 3.8) is 0 Å². The van der Waals surface area contributed by atoms with Crippen LogP contribution in [0.2, 0.25) is 0 Å². The van der Waals surface area contributed by atoms with E-state index in [1.807, 2.05) is 0 Å². The van der Waals surface area contributed by atoms with E-state index in [1.54, 1.807) is 7.11 Å². The van der Waals surface area contributed by atoms with E-state index in [2.05, 4.69) is 39.0 Å². The Balaban J connectivity index is 2.48. The summed E-state index contributed by atoms with van der Waals surface area (Å²) in [6.07, 6.45) is 4.79. The molecule has 0 heterocycles. The molecular formula is C17H27NO. The number of rotatable bonds is 5. The van der Waals surface area contributed by atoms with Crippen LogP contribution >= 0.6 is 0 Å². The summed E-state index contributed by atoms with van der Waals surface area (Å²) >= 11 is 0. The fourth-order valence-corrected chi connectivity index (χ4v) is 2.93. The van der Waals surface area contributed by atoms with E-state index in [0.717, 1.165) is 18.7 Å². The average Bonchev–Trinajstić information content (AvgIpc) is 2.38. The molecule has 106 valence electrons. The highest BCUT2D eigenvalue weighted by Gasteiger charge is 2.40. The van der Waals surface area contributed by atoms with Gasteiger partial charge in [0.05, 0.1) is 7.11 Å². The lowest BCUT2D eigenvalue weighted by atomic mass is 9.63. The molecule has 2 rings (SSSR count). The third-order valence-corrected chi connectivity index (χ3v) is 5.14. The maximum atomic E-state index is 6.06. The Kier molecular flexibility index (Phi) is 3.91. The van der Waals surface area contributed by atoms with Crippen LogP contribution in [0.3, 0.4) is 0 Å². The normalized spacial score (nSPS) is 17.9. The molecule has 1 aliphatic rings. The van der Waals surface area contributed by atoms with Gasteiger partial charge < -0.3 is 10.5 Å². The molecule has 0 spiro atoms. The largest absolute Gasteiger partial charge is 0.496 e. The maximum absolute atomic E-state index is 6.06. The van der Waals surface area contributed by atoms with Gasteiger partial charge in [0.1, 0.15) is 5.75 Å². The zero-order valence-corrected chi connectivity index (χ0v) is 12.8. The number of ether oxygens (including phenoxy) is 1. The second-order valence-electron chi connectivity index (χ2n) is 6.49. The SMILES string of the molecule is CCC(C)(C)c1ccc(OC)c(C2(CN)CCC2)c1. The van der Waals surface area contributed by atoms with Gasteiger partial charge in [-0.15, -0.1) is 0 Å². The Morgan fingerprint density at radius 1 is 1.32 bits per heavy atom. The fraction of sp³-hybridized carbons (Fsp3) is 0.647. The molecule has 0 amide bonds. The van der Waals surface area contributed by atoms with E-state index >= 15 is 0 Å². The summed E-state index contributed by atoms with van der Waals surface area (Å²) in [5, 5.41) is 0. The lowest BCUT2D eigenvalue weighted by Gasteiger charge is -2.42. The average molecular weight is 261 g/mol. The van der Waals surface area contributed by atoms with E-state index in [0.29, 0.717) is 0 Å². The van der Waals surface area contributed by atoms with Crippen LogP contribution in [-0.4, -0.2) is 13.7 Å². The number of benzene rings is 1. The first-order valence-corrected chi connectivity index (χ1v) is 7.38. The molecule has 0 bridgehead atoms. The Morgan fingerprint density at radius 2 is 2.00 bits per heavy atom. The van der Waals surface area contributed by atoms with Gasteiger partial charge in [-0.05, 0) is 36.3 Å². The van der Waals surface area contributed by atoms with Crippen LogP contribution in [0.5, 0.6) is 5.75 Å². The topological polar surface area (TPSA) is 35.2 Å². The third kappa shape index (κ3) is 2.38. The second kappa shape index (κ2) is 5.16. The lowest BCUT2D eigenvalue weighted by molar-refractivity contribution is 0.243. The molecule has 2 heteroatoms. The number of methoxy groups -OCH3 is 1. The van der Waals surface area contributed by atoms with Crippen LogP contribution in [0.4, 0.5) is 0 Å². The third-order valence-electron chi connectivity index (χ3n) is 5.14. The van der Waals surface area contributed by atoms with Gasteiger partial charge in [0.2, 0.25) is 0 Å². The Bertz CT molecular complexity index is 441. The standard InChI is InChI=1S/C17H27NO/c1-5-16(2,3)13-7-8-15(19-4)14(11-13)17(12-18)9-6-10-17/h7-8,11H,5-6,9-10,12,18H2,1-4H3. The quantitative estimate of drug-likeness (QED) is 0.876. The molecule has 1 aliphatic carbocycles. The van der Waals surface area contributed by atoms with E-state index in [1.165, 1.54) is 30.4 Å². The summed E-state index contributed by atoms with van der Waals surface area (Å²) in [4.78, 5) is 0. The van der Waals surface area contributed by atoms with Gasteiger partial charge in [0, 0.05) is 17.5 Å². The van der Waals surface area contributed by atoms with Gasteiger partial charge in [-0.2, -0.15) is 0 Å². The predicted molar refractivity (Wildman–Crippen MR) is 80.9 cm³/mol. The Labute approximate surface area is 117 Å².